The van der Waals surface area contributed by atoms with E-state index in [-0.39, 0.29) is 6.42 Å². The van der Waals surface area contributed by atoms with Gasteiger partial charge in [-0.25, -0.2) is 4.79 Å². The SMILES string of the molecule is CC(C)(C)OC(=O)N[C@H]1CCCC[C@H]1C(F)(F)F. The molecule has 3 nitrogen and oxygen atoms in total. The third-order valence-electron chi connectivity index (χ3n) is 2.89. The van der Waals surface area contributed by atoms with E-state index >= 15 is 0 Å². The molecule has 0 unspecified atom stereocenters. The van der Waals surface area contributed by atoms with Gasteiger partial charge in [0.25, 0.3) is 0 Å². The zero-order valence-electron chi connectivity index (χ0n) is 10.9. The minimum Gasteiger partial charge on any atom is -0.444 e. The Hall–Kier alpha value is -0.940. The van der Waals surface area contributed by atoms with Crippen LogP contribution in [-0.2, 0) is 4.74 Å². The van der Waals surface area contributed by atoms with Crippen molar-refractivity contribution in [2.75, 3.05) is 0 Å². The Morgan fingerprint density at radius 1 is 1.17 bits per heavy atom. The summed E-state index contributed by atoms with van der Waals surface area (Å²) in [7, 11) is 0. The van der Waals surface area contributed by atoms with Gasteiger partial charge in [-0.15, -0.1) is 0 Å². The number of ether oxygens (including phenoxy) is 1. The lowest BCUT2D eigenvalue weighted by molar-refractivity contribution is -0.188. The molecule has 1 rings (SSSR count). The second-order valence-corrected chi connectivity index (χ2v) is 5.69. The lowest BCUT2D eigenvalue weighted by atomic mass is 9.84. The van der Waals surface area contributed by atoms with Crippen molar-refractivity contribution >= 4 is 6.09 Å². The first-order chi connectivity index (χ1) is 8.09. The standard InChI is InChI=1S/C12H20F3NO2/c1-11(2,3)18-10(17)16-9-7-5-4-6-8(9)12(13,14)15/h8-9H,4-7H2,1-3H3,(H,16,17)/t8-,9+/m1/s1. The smallest absolute Gasteiger partial charge is 0.407 e. The molecule has 0 aromatic heterocycles. The molecule has 6 heteroatoms. The van der Waals surface area contributed by atoms with Crippen LogP contribution in [0.3, 0.4) is 0 Å². The number of carbonyl (C=O) groups excluding carboxylic acids is 1. The van der Waals surface area contributed by atoms with Crippen molar-refractivity contribution in [2.24, 2.45) is 5.92 Å². The fourth-order valence-electron chi connectivity index (χ4n) is 2.15. The van der Waals surface area contributed by atoms with E-state index in [0.29, 0.717) is 19.3 Å². The van der Waals surface area contributed by atoms with Gasteiger partial charge < -0.3 is 10.1 Å². The van der Waals surface area contributed by atoms with E-state index in [1.165, 1.54) is 0 Å². The Morgan fingerprint density at radius 3 is 2.22 bits per heavy atom. The molecule has 106 valence electrons. The van der Waals surface area contributed by atoms with Crippen molar-refractivity contribution in [3.05, 3.63) is 0 Å². The van der Waals surface area contributed by atoms with Gasteiger partial charge >= 0.3 is 12.3 Å². The minimum absolute atomic E-state index is 0.0734. The Morgan fingerprint density at radius 2 is 1.72 bits per heavy atom. The van der Waals surface area contributed by atoms with Gasteiger partial charge in [-0.3, -0.25) is 0 Å². The summed E-state index contributed by atoms with van der Waals surface area (Å²) in [4.78, 5) is 11.5. The van der Waals surface area contributed by atoms with Crippen LogP contribution in [0.1, 0.15) is 46.5 Å². The van der Waals surface area contributed by atoms with Crippen LogP contribution >= 0.6 is 0 Å². The molecule has 1 amide bonds. The van der Waals surface area contributed by atoms with Gasteiger partial charge in [0.05, 0.1) is 5.92 Å². The zero-order chi connectivity index (χ0) is 14.0. The molecule has 0 spiro atoms. The number of alkyl carbamates (subject to hydrolysis) is 1. The quantitative estimate of drug-likeness (QED) is 0.787. The Labute approximate surface area is 105 Å². The van der Waals surface area contributed by atoms with Gasteiger partial charge in [-0.1, -0.05) is 12.8 Å². The number of carbonyl (C=O) groups is 1. The first-order valence-electron chi connectivity index (χ1n) is 6.16. The molecule has 0 aromatic rings. The van der Waals surface area contributed by atoms with Crippen LogP contribution in [0.25, 0.3) is 0 Å². The minimum atomic E-state index is -4.26. The molecule has 1 fully saturated rings. The molecular weight excluding hydrogens is 247 g/mol. The maximum absolute atomic E-state index is 12.8. The summed E-state index contributed by atoms with van der Waals surface area (Å²) in [5, 5.41) is 2.35. The maximum Gasteiger partial charge on any atom is 0.407 e. The largest absolute Gasteiger partial charge is 0.444 e. The van der Waals surface area contributed by atoms with Crippen LogP contribution < -0.4 is 5.32 Å². The van der Waals surface area contributed by atoms with Gasteiger partial charge in [-0.2, -0.15) is 13.2 Å². The van der Waals surface area contributed by atoms with E-state index in [1.807, 2.05) is 0 Å². The lowest BCUT2D eigenvalue weighted by Gasteiger charge is -2.33. The molecule has 0 aliphatic heterocycles. The van der Waals surface area contributed by atoms with Crippen molar-refractivity contribution in [3.8, 4) is 0 Å². The Kier molecular flexibility index (Phi) is 4.50. The molecule has 1 aliphatic rings. The molecule has 0 heterocycles. The predicted molar refractivity (Wildman–Crippen MR) is 61.2 cm³/mol. The predicted octanol–water partition coefficient (Wildman–Crippen LogP) is 3.63. The summed E-state index contributed by atoms with van der Waals surface area (Å²) in [6.45, 7) is 5.03. The van der Waals surface area contributed by atoms with Crippen molar-refractivity contribution in [1.29, 1.82) is 0 Å². The average molecular weight is 267 g/mol. The fourth-order valence-corrected chi connectivity index (χ4v) is 2.15. The van der Waals surface area contributed by atoms with Crippen LogP contribution in [0.2, 0.25) is 0 Å². The highest BCUT2D eigenvalue weighted by Gasteiger charge is 2.46. The molecule has 1 N–H and O–H groups in total. The van der Waals surface area contributed by atoms with Crippen LogP contribution in [0.15, 0.2) is 0 Å². The number of alkyl halides is 3. The number of rotatable bonds is 1. The summed E-state index contributed by atoms with van der Waals surface area (Å²) in [6.07, 6.45) is -3.36. The summed E-state index contributed by atoms with van der Waals surface area (Å²) in [5.74, 6) is -1.46. The summed E-state index contributed by atoms with van der Waals surface area (Å²) >= 11 is 0. The summed E-state index contributed by atoms with van der Waals surface area (Å²) in [6, 6.07) is -0.867. The molecule has 2 atom stereocenters. The second kappa shape index (κ2) is 5.36. The Balaban J connectivity index is 2.60. The third-order valence-corrected chi connectivity index (χ3v) is 2.89. The second-order valence-electron chi connectivity index (χ2n) is 5.69. The first-order valence-corrected chi connectivity index (χ1v) is 6.16. The average Bonchev–Trinajstić information content (AvgIpc) is 2.13. The highest BCUT2D eigenvalue weighted by atomic mass is 19.4. The molecule has 0 radical (unpaired) electrons. The molecule has 0 aromatic carbocycles. The van der Waals surface area contributed by atoms with E-state index in [2.05, 4.69) is 5.32 Å². The van der Waals surface area contributed by atoms with Gasteiger partial charge in [0.15, 0.2) is 0 Å². The van der Waals surface area contributed by atoms with E-state index in [0.717, 1.165) is 0 Å². The highest BCUT2D eigenvalue weighted by molar-refractivity contribution is 5.68. The number of nitrogens with one attached hydrogen (secondary N) is 1. The topological polar surface area (TPSA) is 38.3 Å². The number of hydrogen-bond acceptors (Lipinski definition) is 2. The van der Waals surface area contributed by atoms with Crippen molar-refractivity contribution in [2.45, 2.75) is 64.3 Å². The molecule has 18 heavy (non-hydrogen) atoms. The van der Waals surface area contributed by atoms with Crippen molar-refractivity contribution in [1.82, 2.24) is 5.32 Å². The van der Waals surface area contributed by atoms with Crippen LogP contribution in [0.4, 0.5) is 18.0 Å². The molecule has 1 aliphatic carbocycles. The first kappa shape index (κ1) is 15.1. The van der Waals surface area contributed by atoms with Gasteiger partial charge in [0, 0.05) is 6.04 Å². The normalized spacial score (nSPS) is 25.7. The van der Waals surface area contributed by atoms with E-state index in [9.17, 15) is 18.0 Å². The number of amides is 1. The summed E-state index contributed by atoms with van der Waals surface area (Å²) in [5.41, 5.74) is -0.702. The van der Waals surface area contributed by atoms with Crippen molar-refractivity contribution < 1.29 is 22.7 Å². The molecule has 1 saturated carbocycles. The van der Waals surface area contributed by atoms with Gasteiger partial charge in [0.2, 0.25) is 0 Å². The third kappa shape index (κ3) is 4.74. The number of halogens is 3. The summed E-state index contributed by atoms with van der Waals surface area (Å²) < 4.78 is 43.3. The molecule has 0 bridgehead atoms. The molecule has 0 saturated heterocycles. The lowest BCUT2D eigenvalue weighted by Crippen LogP contribution is -2.48. The zero-order valence-corrected chi connectivity index (χ0v) is 10.9. The van der Waals surface area contributed by atoms with Gasteiger partial charge in [-0.05, 0) is 33.6 Å². The van der Waals surface area contributed by atoms with E-state index in [1.54, 1.807) is 20.8 Å². The van der Waals surface area contributed by atoms with Crippen LogP contribution in [0, 0.1) is 5.92 Å². The maximum atomic E-state index is 12.8. The fraction of sp³-hybridized carbons (Fsp3) is 0.917. The Bertz CT molecular complexity index is 297. The monoisotopic (exact) mass is 267 g/mol. The van der Waals surface area contributed by atoms with E-state index in [4.69, 9.17) is 4.74 Å². The van der Waals surface area contributed by atoms with Crippen molar-refractivity contribution in [3.63, 3.8) is 0 Å². The van der Waals surface area contributed by atoms with Gasteiger partial charge in [0.1, 0.15) is 5.60 Å². The van der Waals surface area contributed by atoms with Crippen LogP contribution in [-0.4, -0.2) is 23.9 Å². The van der Waals surface area contributed by atoms with Crippen LogP contribution in [0.5, 0.6) is 0 Å². The number of hydrogen-bond donors (Lipinski definition) is 1. The highest BCUT2D eigenvalue weighted by Crippen LogP contribution is 2.37. The van der Waals surface area contributed by atoms with E-state index < -0.39 is 29.8 Å². The molecular formula is C12H20F3NO2.